The quantitative estimate of drug-likeness (QED) is 0.927. The summed E-state index contributed by atoms with van der Waals surface area (Å²) in [6.45, 7) is 7.64. The molecule has 0 saturated carbocycles. The number of fused-ring (bicyclic) bond motifs is 1. The fourth-order valence-corrected chi connectivity index (χ4v) is 2.85. The molecular formula is C18H25NO4. The Morgan fingerprint density at radius 3 is 2.70 bits per heavy atom. The zero-order valence-corrected chi connectivity index (χ0v) is 14.4. The van der Waals surface area contributed by atoms with Crippen molar-refractivity contribution in [2.45, 2.75) is 45.8 Å². The molecule has 5 heteroatoms. The molecule has 23 heavy (non-hydrogen) atoms. The van der Waals surface area contributed by atoms with Gasteiger partial charge in [-0.25, -0.2) is 4.79 Å². The summed E-state index contributed by atoms with van der Waals surface area (Å²) in [7, 11) is 1.56. The van der Waals surface area contributed by atoms with Crippen molar-refractivity contribution in [2.24, 2.45) is 5.92 Å². The Morgan fingerprint density at radius 2 is 2.09 bits per heavy atom. The molecular weight excluding hydrogens is 294 g/mol. The monoisotopic (exact) mass is 319 g/mol. The minimum atomic E-state index is -0.582. The maximum Gasteiger partial charge on any atom is 0.407 e. The molecule has 0 saturated heterocycles. The van der Waals surface area contributed by atoms with Crippen LogP contribution in [-0.4, -0.2) is 37.2 Å². The third-order valence-electron chi connectivity index (χ3n) is 3.84. The van der Waals surface area contributed by atoms with Crippen LogP contribution in [0.25, 0.3) is 0 Å². The summed E-state index contributed by atoms with van der Waals surface area (Å²) in [5.74, 6) is -0.263. The lowest BCUT2D eigenvalue weighted by Gasteiger charge is -2.26. The summed E-state index contributed by atoms with van der Waals surface area (Å²) < 4.78 is 10.5. The van der Waals surface area contributed by atoms with Gasteiger partial charge in [0.1, 0.15) is 5.60 Å². The van der Waals surface area contributed by atoms with E-state index in [1.54, 1.807) is 27.9 Å². The Hall–Kier alpha value is -1.88. The number of amides is 1. The second-order valence-corrected chi connectivity index (χ2v) is 7.04. The summed E-state index contributed by atoms with van der Waals surface area (Å²) in [6, 6.07) is 5.49. The normalized spacial score (nSPS) is 18.5. The molecule has 0 fully saturated rings. The highest BCUT2D eigenvalue weighted by atomic mass is 16.6. The smallest absolute Gasteiger partial charge is 0.407 e. The largest absolute Gasteiger partial charge is 0.444 e. The van der Waals surface area contributed by atoms with Crippen LogP contribution < -0.4 is 5.32 Å². The number of alkyl carbamates (subject to hydrolysis) is 1. The van der Waals surface area contributed by atoms with Crippen LogP contribution in [0.3, 0.4) is 0 Å². The van der Waals surface area contributed by atoms with Gasteiger partial charge in [0.2, 0.25) is 0 Å². The minimum absolute atomic E-state index is 0.0572. The average molecular weight is 319 g/mol. The Balaban J connectivity index is 2.13. The molecule has 0 heterocycles. The van der Waals surface area contributed by atoms with Crippen LogP contribution >= 0.6 is 0 Å². The number of Topliss-reactive ketones (excluding diaryl/α,β-unsaturated/α-hetero) is 1. The fraction of sp³-hybridized carbons (Fsp3) is 0.556. The van der Waals surface area contributed by atoms with Crippen LogP contribution in [-0.2, 0) is 15.9 Å². The number of hydrogen-bond acceptors (Lipinski definition) is 4. The molecule has 0 aromatic heterocycles. The van der Waals surface area contributed by atoms with Gasteiger partial charge in [0.15, 0.2) is 5.78 Å². The van der Waals surface area contributed by atoms with Gasteiger partial charge in [0, 0.05) is 18.6 Å². The molecule has 1 aliphatic rings. The highest BCUT2D eigenvalue weighted by Gasteiger charge is 2.37. The van der Waals surface area contributed by atoms with Gasteiger partial charge >= 0.3 is 6.09 Å². The number of carbonyl (C=O) groups excluding carboxylic acids is 2. The van der Waals surface area contributed by atoms with Gasteiger partial charge < -0.3 is 14.8 Å². The van der Waals surface area contributed by atoms with Crippen LogP contribution in [0.1, 0.15) is 42.3 Å². The van der Waals surface area contributed by atoms with E-state index < -0.39 is 17.7 Å². The Morgan fingerprint density at radius 1 is 1.39 bits per heavy atom. The summed E-state index contributed by atoms with van der Waals surface area (Å²) in [5, 5.41) is 2.79. The minimum Gasteiger partial charge on any atom is -0.444 e. The lowest BCUT2D eigenvalue weighted by atomic mass is 9.96. The maximum absolute atomic E-state index is 12.7. The van der Waals surface area contributed by atoms with E-state index in [4.69, 9.17) is 9.47 Å². The lowest BCUT2D eigenvalue weighted by molar-refractivity contribution is 0.0432. The number of hydrogen-bond donors (Lipinski definition) is 1. The number of methoxy groups -OCH3 is 1. The maximum atomic E-state index is 12.7. The highest BCUT2D eigenvalue weighted by Crippen LogP contribution is 2.30. The lowest BCUT2D eigenvalue weighted by Crippen LogP contribution is -2.47. The molecule has 1 aromatic rings. The van der Waals surface area contributed by atoms with E-state index in [9.17, 15) is 9.59 Å². The first-order valence-corrected chi connectivity index (χ1v) is 7.83. The molecule has 0 spiro atoms. The van der Waals surface area contributed by atoms with E-state index in [1.165, 1.54) is 0 Å². The molecule has 2 unspecified atom stereocenters. The molecule has 0 bridgehead atoms. The summed E-state index contributed by atoms with van der Waals surface area (Å²) >= 11 is 0. The number of nitrogens with one attached hydrogen (secondary N) is 1. The number of carbonyl (C=O) groups is 2. The molecule has 1 aliphatic carbocycles. The van der Waals surface area contributed by atoms with Crippen molar-refractivity contribution in [2.75, 3.05) is 13.7 Å². The molecule has 1 amide bonds. The van der Waals surface area contributed by atoms with Gasteiger partial charge in [0.05, 0.1) is 12.6 Å². The van der Waals surface area contributed by atoms with E-state index in [2.05, 4.69) is 5.32 Å². The number of benzene rings is 1. The van der Waals surface area contributed by atoms with Gasteiger partial charge in [-0.2, -0.15) is 0 Å². The summed E-state index contributed by atoms with van der Waals surface area (Å²) in [4.78, 5) is 24.7. The molecule has 2 atom stereocenters. The van der Waals surface area contributed by atoms with E-state index in [1.807, 2.05) is 25.1 Å². The van der Waals surface area contributed by atoms with Gasteiger partial charge in [-0.05, 0) is 45.7 Å². The van der Waals surface area contributed by atoms with Crippen LogP contribution in [0.4, 0.5) is 4.79 Å². The number of aryl methyl sites for hydroxylation is 1. The van der Waals surface area contributed by atoms with E-state index in [-0.39, 0.29) is 18.3 Å². The van der Waals surface area contributed by atoms with Gasteiger partial charge in [-0.1, -0.05) is 17.7 Å². The van der Waals surface area contributed by atoms with Crippen LogP contribution in [0.15, 0.2) is 18.2 Å². The van der Waals surface area contributed by atoms with Crippen LogP contribution in [0, 0.1) is 12.8 Å². The summed E-state index contributed by atoms with van der Waals surface area (Å²) in [5.41, 5.74) is 2.25. The topological polar surface area (TPSA) is 64.6 Å². The van der Waals surface area contributed by atoms with Crippen molar-refractivity contribution in [3.05, 3.63) is 34.9 Å². The first-order valence-electron chi connectivity index (χ1n) is 7.83. The van der Waals surface area contributed by atoms with Gasteiger partial charge in [-0.15, -0.1) is 0 Å². The van der Waals surface area contributed by atoms with Crippen molar-refractivity contribution in [1.29, 1.82) is 0 Å². The zero-order chi connectivity index (χ0) is 17.2. The van der Waals surface area contributed by atoms with Gasteiger partial charge in [0.25, 0.3) is 0 Å². The molecule has 5 nitrogen and oxygen atoms in total. The number of ketones is 1. The third kappa shape index (κ3) is 4.32. The van der Waals surface area contributed by atoms with Crippen LogP contribution in [0.2, 0.25) is 0 Å². The van der Waals surface area contributed by atoms with E-state index >= 15 is 0 Å². The van der Waals surface area contributed by atoms with E-state index in [0.29, 0.717) is 6.42 Å². The third-order valence-corrected chi connectivity index (χ3v) is 3.84. The highest BCUT2D eigenvalue weighted by molar-refractivity contribution is 6.03. The molecule has 2 rings (SSSR count). The van der Waals surface area contributed by atoms with Crippen molar-refractivity contribution in [1.82, 2.24) is 5.32 Å². The molecule has 126 valence electrons. The van der Waals surface area contributed by atoms with Crippen LogP contribution in [0.5, 0.6) is 0 Å². The van der Waals surface area contributed by atoms with E-state index in [0.717, 1.165) is 16.7 Å². The molecule has 0 radical (unpaired) electrons. The van der Waals surface area contributed by atoms with Crippen molar-refractivity contribution < 1.29 is 19.1 Å². The molecule has 1 N–H and O–H groups in total. The Bertz CT molecular complexity index is 604. The predicted molar refractivity (Wildman–Crippen MR) is 87.7 cm³/mol. The van der Waals surface area contributed by atoms with Crippen molar-refractivity contribution >= 4 is 11.9 Å². The zero-order valence-electron chi connectivity index (χ0n) is 14.4. The number of rotatable bonds is 4. The fourth-order valence-electron chi connectivity index (χ4n) is 2.85. The first-order chi connectivity index (χ1) is 10.7. The Kier molecular flexibility index (Phi) is 5.09. The van der Waals surface area contributed by atoms with Crippen molar-refractivity contribution in [3.8, 4) is 0 Å². The number of ether oxygens (including phenoxy) is 2. The first kappa shape index (κ1) is 17.5. The SMILES string of the molecule is COCC(NC(=O)OC(C)(C)C)C1Cc2ccc(C)cc2C1=O. The average Bonchev–Trinajstić information content (AvgIpc) is 2.73. The molecule has 1 aromatic carbocycles. The molecule has 0 aliphatic heterocycles. The second kappa shape index (κ2) is 6.71. The standard InChI is InChI=1S/C18H25NO4/c1-11-6-7-12-9-14(16(20)13(12)8-11)15(10-22-5)19-17(21)23-18(2,3)4/h6-8,14-15H,9-10H2,1-5H3,(H,19,21). The van der Waals surface area contributed by atoms with Crippen molar-refractivity contribution in [3.63, 3.8) is 0 Å². The second-order valence-electron chi connectivity index (χ2n) is 7.04. The van der Waals surface area contributed by atoms with Gasteiger partial charge in [-0.3, -0.25) is 4.79 Å². The summed E-state index contributed by atoms with van der Waals surface area (Å²) in [6.07, 6.45) is 0.0811. The predicted octanol–water partition coefficient (Wildman–Crippen LogP) is 2.89. The Labute approximate surface area is 137 Å².